The van der Waals surface area contributed by atoms with Crippen LogP contribution in [0.3, 0.4) is 0 Å². The Balaban J connectivity index is 1.26. The number of hydrogen-bond acceptors (Lipinski definition) is 17. The van der Waals surface area contributed by atoms with Crippen molar-refractivity contribution in [3.8, 4) is 0 Å². The lowest BCUT2D eigenvalue weighted by Gasteiger charge is -2.51. The molecule has 3 aromatic rings. The van der Waals surface area contributed by atoms with E-state index in [0.717, 1.165) is 24.3 Å². The Hall–Kier alpha value is -5.80. The van der Waals surface area contributed by atoms with Crippen LogP contribution < -0.4 is 0 Å². The molecule has 20 nitrogen and oxygen atoms in total. The average Bonchev–Trinajstić information content (AvgIpc) is 3.53. The van der Waals surface area contributed by atoms with E-state index in [0.29, 0.717) is 5.56 Å². The van der Waals surface area contributed by atoms with Crippen LogP contribution in [0.25, 0.3) is 10.4 Å². The number of benzene rings is 3. The number of hydrogen-bond donors (Lipinski definition) is 0. The minimum atomic E-state index is -1.61. The molecular formula is C44H48N4O16. The summed E-state index contributed by atoms with van der Waals surface area (Å²) in [6.07, 6.45) is -13.1. The molecule has 0 saturated carbocycles. The Morgan fingerprint density at radius 3 is 2.00 bits per heavy atom. The predicted octanol–water partition coefficient (Wildman–Crippen LogP) is 3.96. The third-order valence-corrected chi connectivity index (χ3v) is 10.6. The van der Waals surface area contributed by atoms with Gasteiger partial charge in [0.15, 0.2) is 37.2 Å². The first kappa shape index (κ1) is 46.2. The summed E-state index contributed by atoms with van der Waals surface area (Å²) in [5, 5.41) is 3.45. The summed E-state index contributed by atoms with van der Waals surface area (Å²) in [6, 6.07) is 22.9. The number of rotatable bonds is 18. The molecule has 340 valence electrons. The minimum Gasteiger partial charge on any atom is -0.457 e. The van der Waals surface area contributed by atoms with Gasteiger partial charge in [-0.15, -0.1) is 0 Å². The van der Waals surface area contributed by atoms with Gasteiger partial charge in [-0.05, 0) is 23.2 Å². The number of imide groups is 1. The van der Waals surface area contributed by atoms with E-state index in [1.807, 2.05) is 36.4 Å². The number of carbonyl (C=O) groups is 5. The Morgan fingerprint density at radius 2 is 1.34 bits per heavy atom. The van der Waals surface area contributed by atoms with Gasteiger partial charge in [0.05, 0.1) is 50.8 Å². The topological polar surface area (TPSA) is 239 Å². The van der Waals surface area contributed by atoms with Crippen LogP contribution in [-0.4, -0.2) is 136 Å². The second-order valence-corrected chi connectivity index (χ2v) is 15.0. The lowest BCUT2D eigenvalue weighted by Crippen LogP contribution is -2.70. The zero-order valence-corrected chi connectivity index (χ0v) is 35.2. The van der Waals surface area contributed by atoms with Gasteiger partial charge in [-0.1, -0.05) is 77.9 Å². The molecule has 0 spiro atoms. The fourth-order valence-electron chi connectivity index (χ4n) is 7.98. The largest absolute Gasteiger partial charge is 0.457 e. The van der Waals surface area contributed by atoms with Gasteiger partial charge in [0, 0.05) is 37.8 Å². The Bertz CT molecular complexity index is 2120. The van der Waals surface area contributed by atoms with E-state index in [4.69, 9.17) is 57.6 Å². The van der Waals surface area contributed by atoms with Crippen molar-refractivity contribution in [2.24, 2.45) is 5.11 Å². The highest BCUT2D eigenvalue weighted by molar-refractivity contribution is 6.21. The minimum absolute atomic E-state index is 0.0294. The molecule has 4 aliphatic rings. The molecule has 0 aliphatic carbocycles. The van der Waals surface area contributed by atoms with Gasteiger partial charge in [0.1, 0.15) is 30.5 Å². The van der Waals surface area contributed by atoms with E-state index in [2.05, 4.69) is 10.0 Å². The summed E-state index contributed by atoms with van der Waals surface area (Å²) < 4.78 is 67.9. The summed E-state index contributed by atoms with van der Waals surface area (Å²) in [5.41, 5.74) is 10.3. The predicted molar refractivity (Wildman–Crippen MR) is 216 cm³/mol. The molecular weight excluding hydrogens is 840 g/mol. The molecule has 4 heterocycles. The molecule has 1 unspecified atom stereocenters. The van der Waals surface area contributed by atoms with Crippen LogP contribution in [0.5, 0.6) is 0 Å². The zero-order chi connectivity index (χ0) is 45.2. The molecule has 3 fully saturated rings. The number of nitrogens with zero attached hydrogens (tertiary/aromatic N) is 4. The van der Waals surface area contributed by atoms with Crippen molar-refractivity contribution in [1.29, 1.82) is 0 Å². The Morgan fingerprint density at radius 1 is 0.719 bits per heavy atom. The van der Waals surface area contributed by atoms with Crippen LogP contribution in [0, 0.1) is 0 Å². The molecule has 4 aliphatic heterocycles. The van der Waals surface area contributed by atoms with Crippen molar-refractivity contribution in [2.75, 3.05) is 39.6 Å². The summed E-state index contributed by atoms with van der Waals surface area (Å²) in [7, 11) is 0. The summed E-state index contributed by atoms with van der Waals surface area (Å²) in [6.45, 7) is 3.19. The van der Waals surface area contributed by atoms with Crippen LogP contribution in [0.2, 0.25) is 0 Å². The van der Waals surface area contributed by atoms with Gasteiger partial charge in [-0.2, -0.15) is 0 Å². The first-order valence-corrected chi connectivity index (χ1v) is 20.6. The van der Waals surface area contributed by atoms with Crippen molar-refractivity contribution in [3.05, 3.63) is 118 Å². The third kappa shape index (κ3) is 10.9. The first-order chi connectivity index (χ1) is 31.0. The Labute approximate surface area is 367 Å². The highest BCUT2D eigenvalue weighted by Crippen LogP contribution is 2.40. The number of amides is 2. The van der Waals surface area contributed by atoms with Gasteiger partial charge >= 0.3 is 17.9 Å². The van der Waals surface area contributed by atoms with E-state index in [9.17, 15) is 24.0 Å². The second kappa shape index (κ2) is 21.7. The van der Waals surface area contributed by atoms with Crippen molar-refractivity contribution >= 4 is 29.7 Å². The van der Waals surface area contributed by atoms with Crippen molar-refractivity contribution in [1.82, 2.24) is 4.90 Å². The summed E-state index contributed by atoms with van der Waals surface area (Å²) in [5.74, 6) is -3.80. The van der Waals surface area contributed by atoms with Crippen LogP contribution in [-0.2, 0) is 73.1 Å². The van der Waals surface area contributed by atoms with E-state index in [1.165, 1.54) is 19.1 Å². The monoisotopic (exact) mass is 888 g/mol. The summed E-state index contributed by atoms with van der Waals surface area (Å²) >= 11 is 0. The van der Waals surface area contributed by atoms with Crippen LogP contribution in [0.4, 0.5) is 0 Å². The molecule has 0 N–H and O–H groups in total. The molecule has 0 radical (unpaired) electrons. The maximum atomic E-state index is 14.2. The number of azide groups is 1. The number of carbonyl (C=O) groups excluding carboxylic acids is 5. The normalized spacial score (nSPS) is 28.6. The fourth-order valence-corrected chi connectivity index (χ4v) is 7.98. The molecule has 7 rings (SSSR count). The van der Waals surface area contributed by atoms with Crippen LogP contribution in [0.15, 0.2) is 90.0 Å². The number of esters is 3. The second-order valence-electron chi connectivity index (χ2n) is 15.0. The lowest BCUT2D eigenvalue weighted by molar-refractivity contribution is -0.383. The molecule has 3 aromatic carbocycles. The number of ether oxygens (including phenoxy) is 11. The maximum Gasteiger partial charge on any atom is 0.303 e. The SMILES string of the molecule is CC(=O)O[C@H]1[C@H]2OC(c3ccccc3)OC[C@H]2O[C@@H](O[C@H]2[C@H](OC(C)=O)[C@@H](N3C(=O)c4ccccc4C3=O)[C@H](OCCOCCN=[N+]=[N-])O[C@@H]2COCc2ccccc2)[C@@H]1OC(C)=O. The molecule has 11 atom stereocenters. The average molecular weight is 889 g/mol. The molecule has 0 aromatic heterocycles. The van der Waals surface area contributed by atoms with E-state index in [1.54, 1.807) is 36.4 Å². The van der Waals surface area contributed by atoms with Gasteiger partial charge in [-0.25, -0.2) is 0 Å². The third-order valence-electron chi connectivity index (χ3n) is 10.6. The van der Waals surface area contributed by atoms with E-state index >= 15 is 0 Å². The van der Waals surface area contributed by atoms with Gasteiger partial charge in [0.2, 0.25) is 0 Å². The quantitative estimate of drug-likeness (QED) is 0.0334. The lowest BCUT2D eigenvalue weighted by atomic mass is 9.93. The fraction of sp³-hybridized carbons (Fsp3) is 0.477. The highest BCUT2D eigenvalue weighted by atomic mass is 16.8. The van der Waals surface area contributed by atoms with E-state index < -0.39 is 97.4 Å². The van der Waals surface area contributed by atoms with Crippen molar-refractivity contribution in [2.45, 2.75) is 95.0 Å². The first-order valence-electron chi connectivity index (χ1n) is 20.6. The molecule has 20 heteroatoms. The molecule has 0 bridgehead atoms. The highest BCUT2D eigenvalue weighted by Gasteiger charge is 2.60. The van der Waals surface area contributed by atoms with Gasteiger partial charge in [-0.3, -0.25) is 28.9 Å². The smallest absolute Gasteiger partial charge is 0.303 e. The van der Waals surface area contributed by atoms with Gasteiger partial charge < -0.3 is 52.1 Å². The number of fused-ring (bicyclic) bond motifs is 2. The standard InChI is InChI=1S/C44H48N4O16/c1-25(49)58-37-34(48-40(52)30-16-10-11-17-31(30)41(48)53)43(56-21-20-54-19-18-46-47-45)61-32(23-55-22-28-12-6-4-7-13-28)35(37)64-44-39(60-27(3)51)38(59-26(2)50)36-33(62-44)24-57-42(63-36)29-14-8-5-9-15-29/h4-17,32-39,42-44H,18-24H2,1-3H3/t32-,33-,34-,35-,36+,37-,38+,39-,42?,43-,44+/m1/s1. The summed E-state index contributed by atoms with van der Waals surface area (Å²) in [4.78, 5) is 70.9. The maximum absolute atomic E-state index is 14.2. The molecule has 64 heavy (non-hydrogen) atoms. The van der Waals surface area contributed by atoms with Gasteiger partial charge in [0.25, 0.3) is 11.8 Å². The van der Waals surface area contributed by atoms with E-state index in [-0.39, 0.29) is 57.3 Å². The van der Waals surface area contributed by atoms with Crippen molar-refractivity contribution < 1.29 is 76.1 Å². The Kier molecular flexibility index (Phi) is 15.7. The molecule has 3 saturated heterocycles. The van der Waals surface area contributed by atoms with Crippen LogP contribution >= 0.6 is 0 Å². The van der Waals surface area contributed by atoms with Crippen LogP contribution in [0.1, 0.15) is 58.9 Å². The van der Waals surface area contributed by atoms with Crippen molar-refractivity contribution in [3.63, 3.8) is 0 Å². The zero-order valence-electron chi connectivity index (χ0n) is 35.2. The molecule has 2 amide bonds.